The highest BCUT2D eigenvalue weighted by atomic mass is 16.5. The van der Waals surface area contributed by atoms with Gasteiger partial charge in [0.1, 0.15) is 6.10 Å². The number of ether oxygens (including phenoxy) is 1. The van der Waals surface area contributed by atoms with Crippen molar-refractivity contribution in [2.45, 2.75) is 302 Å². The monoisotopic (exact) mass is 846 g/mol. The van der Waals surface area contributed by atoms with Crippen molar-refractivity contribution in [3.05, 3.63) is 24.3 Å². The van der Waals surface area contributed by atoms with E-state index < -0.39 is 18.2 Å². The molecule has 3 atom stereocenters. The molecule has 0 aromatic rings. The van der Waals surface area contributed by atoms with Crippen molar-refractivity contribution in [1.82, 2.24) is 5.32 Å². The third-order valence-corrected chi connectivity index (χ3v) is 12.3. The van der Waals surface area contributed by atoms with E-state index in [2.05, 4.69) is 50.4 Å². The standard InChI is InChI=1S/C54H103NO5/c1-4-7-10-13-16-19-21-23-25-26-28-29-31-34-36-39-42-45-50(48-53(58)55-51(49-56)52(57)46-43-40-37-33-18-15-12-9-6-3)60-54(59)47-44-41-38-35-32-30-27-24-22-20-17-14-11-8-5-2/h20,22-23,25,50-52,56-57H,4-19,21,24,26-49H2,1-3H3,(H,55,58)/b22-20-,25-23+. The molecule has 354 valence electrons. The molecule has 0 saturated carbocycles. The molecule has 0 rings (SSSR count). The molecule has 6 heteroatoms. The third-order valence-electron chi connectivity index (χ3n) is 12.3. The van der Waals surface area contributed by atoms with Crippen molar-refractivity contribution < 1.29 is 24.5 Å². The highest BCUT2D eigenvalue weighted by Crippen LogP contribution is 2.18. The minimum atomic E-state index is -0.785. The number of carbonyl (C=O) groups excluding carboxylic acids is 2. The Bertz CT molecular complexity index is 950. The van der Waals surface area contributed by atoms with Crippen LogP contribution in [-0.2, 0) is 14.3 Å². The highest BCUT2D eigenvalue weighted by molar-refractivity contribution is 5.77. The first-order chi connectivity index (χ1) is 29.5. The van der Waals surface area contributed by atoms with Crippen molar-refractivity contribution in [3.63, 3.8) is 0 Å². The van der Waals surface area contributed by atoms with E-state index in [0.29, 0.717) is 19.3 Å². The summed E-state index contributed by atoms with van der Waals surface area (Å²) in [7, 11) is 0. The molecule has 0 heterocycles. The number of allylic oxidation sites excluding steroid dienone is 4. The van der Waals surface area contributed by atoms with Crippen LogP contribution in [0.1, 0.15) is 284 Å². The lowest BCUT2D eigenvalue weighted by molar-refractivity contribution is -0.151. The molecule has 0 aromatic carbocycles. The van der Waals surface area contributed by atoms with E-state index in [1.165, 1.54) is 180 Å². The number of nitrogens with one attached hydrogen (secondary N) is 1. The fraction of sp³-hybridized carbons (Fsp3) is 0.889. The maximum Gasteiger partial charge on any atom is 0.306 e. The molecule has 0 saturated heterocycles. The van der Waals surface area contributed by atoms with E-state index in [1.807, 2.05) is 0 Å². The molecule has 3 N–H and O–H groups in total. The van der Waals surface area contributed by atoms with E-state index in [4.69, 9.17) is 4.74 Å². The summed E-state index contributed by atoms with van der Waals surface area (Å²) in [6, 6.07) is -0.699. The molecular weight excluding hydrogens is 743 g/mol. The van der Waals surface area contributed by atoms with Gasteiger partial charge in [0, 0.05) is 6.42 Å². The SMILES string of the molecule is CCCCCC/C=C\CCCCCCCCCC(=O)OC(CCCCCCCCC/C=C/CCCCCCCC)CC(=O)NC(CO)C(O)CCCCCCCCCCC. The number of hydrogen-bond donors (Lipinski definition) is 3. The predicted molar refractivity (Wildman–Crippen MR) is 260 cm³/mol. The molecule has 0 aromatic heterocycles. The number of esters is 1. The molecule has 0 fully saturated rings. The Kier molecular flexibility index (Phi) is 47.0. The van der Waals surface area contributed by atoms with Crippen LogP contribution >= 0.6 is 0 Å². The van der Waals surface area contributed by atoms with Crippen LogP contribution in [0, 0.1) is 0 Å². The lowest BCUT2D eigenvalue weighted by atomic mass is 10.0. The number of unbranched alkanes of at least 4 members (excludes halogenated alkanes) is 32. The van der Waals surface area contributed by atoms with Crippen LogP contribution in [0.5, 0.6) is 0 Å². The number of amides is 1. The lowest BCUT2D eigenvalue weighted by Gasteiger charge is -2.24. The molecule has 0 bridgehead atoms. The maximum atomic E-state index is 13.2. The number of aliphatic hydroxyl groups is 2. The van der Waals surface area contributed by atoms with Gasteiger partial charge in [0.2, 0.25) is 5.91 Å². The summed E-state index contributed by atoms with van der Waals surface area (Å²) in [6.07, 6.45) is 55.3. The van der Waals surface area contributed by atoms with Gasteiger partial charge in [-0.2, -0.15) is 0 Å². The number of aliphatic hydroxyl groups excluding tert-OH is 2. The molecule has 60 heavy (non-hydrogen) atoms. The fourth-order valence-electron chi connectivity index (χ4n) is 8.19. The zero-order valence-corrected chi connectivity index (χ0v) is 40.4. The summed E-state index contributed by atoms with van der Waals surface area (Å²) >= 11 is 0. The second kappa shape index (κ2) is 48.4. The Hall–Kier alpha value is -1.66. The van der Waals surface area contributed by atoms with Gasteiger partial charge in [-0.15, -0.1) is 0 Å². The molecule has 0 aliphatic heterocycles. The second-order valence-electron chi connectivity index (χ2n) is 18.3. The molecule has 0 radical (unpaired) electrons. The molecule has 0 aliphatic rings. The number of rotatable bonds is 48. The average Bonchev–Trinajstić information content (AvgIpc) is 3.24. The Labute approximate surface area is 373 Å². The lowest BCUT2D eigenvalue weighted by Crippen LogP contribution is -2.46. The maximum absolute atomic E-state index is 13.2. The minimum Gasteiger partial charge on any atom is -0.462 e. The van der Waals surface area contributed by atoms with Gasteiger partial charge in [-0.25, -0.2) is 0 Å². The number of carbonyl (C=O) groups is 2. The largest absolute Gasteiger partial charge is 0.462 e. The van der Waals surface area contributed by atoms with Gasteiger partial charge in [-0.3, -0.25) is 9.59 Å². The summed E-state index contributed by atoms with van der Waals surface area (Å²) in [4.78, 5) is 26.1. The Balaban J connectivity index is 4.55. The topological polar surface area (TPSA) is 95.9 Å². The van der Waals surface area contributed by atoms with Crippen molar-refractivity contribution in [2.24, 2.45) is 0 Å². The smallest absolute Gasteiger partial charge is 0.306 e. The first kappa shape index (κ1) is 58.3. The molecular formula is C54H103NO5. The third kappa shape index (κ3) is 43.0. The molecule has 6 nitrogen and oxygen atoms in total. The molecule has 3 unspecified atom stereocenters. The zero-order chi connectivity index (χ0) is 43.8. The Morgan fingerprint density at radius 1 is 0.467 bits per heavy atom. The summed E-state index contributed by atoms with van der Waals surface area (Å²) in [5.74, 6) is -0.471. The van der Waals surface area contributed by atoms with Gasteiger partial charge in [0.05, 0.1) is 25.2 Å². The van der Waals surface area contributed by atoms with Crippen molar-refractivity contribution >= 4 is 11.9 Å². The summed E-state index contributed by atoms with van der Waals surface area (Å²) < 4.78 is 5.94. The van der Waals surface area contributed by atoms with Crippen LogP contribution in [-0.4, -0.2) is 46.9 Å². The van der Waals surface area contributed by atoms with Crippen LogP contribution in [0.25, 0.3) is 0 Å². The van der Waals surface area contributed by atoms with Gasteiger partial charge >= 0.3 is 5.97 Å². The van der Waals surface area contributed by atoms with Crippen molar-refractivity contribution in [2.75, 3.05) is 6.61 Å². The predicted octanol–water partition coefficient (Wildman–Crippen LogP) is 15.9. The van der Waals surface area contributed by atoms with Gasteiger partial charge in [-0.05, 0) is 77.0 Å². The van der Waals surface area contributed by atoms with E-state index in [-0.39, 0.29) is 24.9 Å². The summed E-state index contributed by atoms with van der Waals surface area (Å²) in [6.45, 7) is 6.47. The van der Waals surface area contributed by atoms with Gasteiger partial charge in [0.15, 0.2) is 0 Å². The van der Waals surface area contributed by atoms with Crippen LogP contribution in [0.4, 0.5) is 0 Å². The quantitative estimate of drug-likeness (QED) is 0.0322. The van der Waals surface area contributed by atoms with Crippen LogP contribution in [0.3, 0.4) is 0 Å². The summed E-state index contributed by atoms with van der Waals surface area (Å²) in [5, 5.41) is 23.7. The first-order valence-electron chi connectivity index (χ1n) is 26.6. The first-order valence-corrected chi connectivity index (χ1v) is 26.6. The number of hydrogen-bond acceptors (Lipinski definition) is 5. The average molecular weight is 846 g/mol. The molecule has 0 spiro atoms. The van der Waals surface area contributed by atoms with Crippen molar-refractivity contribution in [3.8, 4) is 0 Å². The van der Waals surface area contributed by atoms with Crippen LogP contribution in [0.2, 0.25) is 0 Å². The minimum absolute atomic E-state index is 0.0768. The van der Waals surface area contributed by atoms with E-state index >= 15 is 0 Å². The Morgan fingerprint density at radius 3 is 1.20 bits per heavy atom. The van der Waals surface area contributed by atoms with Crippen LogP contribution < -0.4 is 5.32 Å². The van der Waals surface area contributed by atoms with Crippen molar-refractivity contribution in [1.29, 1.82) is 0 Å². The molecule has 1 amide bonds. The second-order valence-corrected chi connectivity index (χ2v) is 18.3. The van der Waals surface area contributed by atoms with Gasteiger partial charge in [0.25, 0.3) is 0 Å². The normalized spacial score (nSPS) is 13.3. The Morgan fingerprint density at radius 2 is 0.800 bits per heavy atom. The van der Waals surface area contributed by atoms with E-state index in [0.717, 1.165) is 57.8 Å². The fourth-order valence-corrected chi connectivity index (χ4v) is 8.19. The zero-order valence-electron chi connectivity index (χ0n) is 40.4. The van der Waals surface area contributed by atoms with E-state index in [9.17, 15) is 19.8 Å². The highest BCUT2D eigenvalue weighted by Gasteiger charge is 2.24. The van der Waals surface area contributed by atoms with E-state index in [1.54, 1.807) is 0 Å². The molecule has 0 aliphatic carbocycles. The van der Waals surface area contributed by atoms with Crippen LogP contribution in [0.15, 0.2) is 24.3 Å². The summed E-state index contributed by atoms with van der Waals surface area (Å²) in [5.41, 5.74) is 0. The van der Waals surface area contributed by atoms with Gasteiger partial charge in [-0.1, -0.05) is 218 Å². The van der Waals surface area contributed by atoms with Gasteiger partial charge < -0.3 is 20.3 Å².